The number of para-hydroxylation sites is 1. The Bertz CT molecular complexity index is 381. The van der Waals surface area contributed by atoms with E-state index in [4.69, 9.17) is 14.2 Å². The van der Waals surface area contributed by atoms with Crippen molar-refractivity contribution in [3.05, 3.63) is 29.3 Å². The van der Waals surface area contributed by atoms with Crippen LogP contribution in [0.4, 0.5) is 0 Å². The Kier molecular flexibility index (Phi) is 7.76. The maximum Gasteiger partial charge on any atom is 0.191 e. The molecule has 21 heavy (non-hydrogen) atoms. The van der Waals surface area contributed by atoms with Gasteiger partial charge in [-0.05, 0) is 36.8 Å². The summed E-state index contributed by atoms with van der Waals surface area (Å²) in [5.41, 5.74) is 2.49. The van der Waals surface area contributed by atoms with Gasteiger partial charge in [0.05, 0.1) is 0 Å². The van der Waals surface area contributed by atoms with Crippen molar-refractivity contribution < 1.29 is 14.2 Å². The summed E-state index contributed by atoms with van der Waals surface area (Å²) >= 11 is 0. The predicted octanol–water partition coefficient (Wildman–Crippen LogP) is 4.71. The molecule has 0 aliphatic carbocycles. The summed E-state index contributed by atoms with van der Waals surface area (Å²) in [5, 5.41) is 0. The Morgan fingerprint density at radius 1 is 0.857 bits per heavy atom. The maximum absolute atomic E-state index is 6.11. The van der Waals surface area contributed by atoms with E-state index in [1.807, 2.05) is 13.8 Å². The molecule has 0 N–H and O–H groups in total. The van der Waals surface area contributed by atoms with Gasteiger partial charge < -0.3 is 14.2 Å². The van der Waals surface area contributed by atoms with E-state index in [2.05, 4.69) is 45.9 Å². The molecule has 0 spiro atoms. The third kappa shape index (κ3) is 5.33. The van der Waals surface area contributed by atoms with Crippen molar-refractivity contribution in [2.45, 2.75) is 59.7 Å². The van der Waals surface area contributed by atoms with Crippen LogP contribution in [0.15, 0.2) is 18.2 Å². The fourth-order valence-corrected chi connectivity index (χ4v) is 2.32. The minimum Gasteiger partial charge on any atom is -0.488 e. The minimum absolute atomic E-state index is 0.305. The van der Waals surface area contributed by atoms with Crippen LogP contribution in [-0.4, -0.2) is 26.1 Å². The largest absolute Gasteiger partial charge is 0.488 e. The van der Waals surface area contributed by atoms with Crippen molar-refractivity contribution in [3.63, 3.8) is 0 Å². The Balaban J connectivity index is 2.93. The molecule has 1 rings (SSSR count). The zero-order valence-electron chi connectivity index (χ0n) is 14.3. The standard InChI is InChI=1S/C18H30O3/c1-7-19-17(20-8-2)12-21-18-15(13(3)4)10-9-11-16(18)14(5)6/h9-11,13-14,17H,7-8,12H2,1-6H3. The van der Waals surface area contributed by atoms with E-state index in [0.717, 1.165) is 5.75 Å². The number of rotatable bonds is 9. The number of hydrogen-bond acceptors (Lipinski definition) is 3. The molecular weight excluding hydrogens is 264 g/mol. The van der Waals surface area contributed by atoms with Gasteiger partial charge in [-0.3, -0.25) is 0 Å². The molecule has 0 aliphatic rings. The van der Waals surface area contributed by atoms with Crippen LogP contribution in [0.2, 0.25) is 0 Å². The van der Waals surface area contributed by atoms with Crippen LogP contribution >= 0.6 is 0 Å². The third-order valence-corrected chi connectivity index (χ3v) is 3.39. The molecule has 3 heteroatoms. The Morgan fingerprint density at radius 3 is 1.71 bits per heavy atom. The number of benzene rings is 1. The molecule has 0 atom stereocenters. The highest BCUT2D eigenvalue weighted by molar-refractivity contribution is 5.44. The van der Waals surface area contributed by atoms with E-state index < -0.39 is 0 Å². The van der Waals surface area contributed by atoms with Crippen LogP contribution in [0, 0.1) is 0 Å². The molecule has 0 fully saturated rings. The van der Waals surface area contributed by atoms with Gasteiger partial charge in [-0.1, -0.05) is 45.9 Å². The van der Waals surface area contributed by atoms with Gasteiger partial charge in [-0.2, -0.15) is 0 Å². The molecule has 0 saturated heterocycles. The lowest BCUT2D eigenvalue weighted by molar-refractivity contribution is -0.152. The lowest BCUT2D eigenvalue weighted by atomic mass is 9.94. The number of hydrogen-bond donors (Lipinski definition) is 0. The molecule has 3 nitrogen and oxygen atoms in total. The van der Waals surface area contributed by atoms with Crippen molar-refractivity contribution in [2.24, 2.45) is 0 Å². The lowest BCUT2D eigenvalue weighted by Crippen LogP contribution is -2.25. The fourth-order valence-electron chi connectivity index (χ4n) is 2.32. The second-order valence-corrected chi connectivity index (χ2v) is 5.73. The monoisotopic (exact) mass is 294 g/mol. The van der Waals surface area contributed by atoms with Crippen LogP contribution in [-0.2, 0) is 9.47 Å². The number of ether oxygens (including phenoxy) is 3. The lowest BCUT2D eigenvalue weighted by Gasteiger charge is -2.23. The normalized spacial score (nSPS) is 11.7. The van der Waals surface area contributed by atoms with Crippen molar-refractivity contribution in [3.8, 4) is 5.75 Å². The van der Waals surface area contributed by atoms with Gasteiger partial charge in [-0.15, -0.1) is 0 Å². The molecule has 1 aromatic carbocycles. The molecule has 0 radical (unpaired) electrons. The molecule has 0 saturated carbocycles. The van der Waals surface area contributed by atoms with E-state index in [-0.39, 0.29) is 6.29 Å². The smallest absolute Gasteiger partial charge is 0.191 e. The first-order valence-corrected chi connectivity index (χ1v) is 7.99. The Morgan fingerprint density at radius 2 is 1.33 bits per heavy atom. The van der Waals surface area contributed by atoms with Gasteiger partial charge in [0, 0.05) is 13.2 Å². The van der Waals surface area contributed by atoms with Gasteiger partial charge in [0.25, 0.3) is 0 Å². The third-order valence-electron chi connectivity index (χ3n) is 3.39. The molecule has 0 amide bonds. The van der Waals surface area contributed by atoms with Crippen LogP contribution in [0.1, 0.15) is 64.5 Å². The molecule has 1 aromatic rings. The van der Waals surface area contributed by atoms with Gasteiger partial charge >= 0.3 is 0 Å². The second-order valence-electron chi connectivity index (χ2n) is 5.73. The first-order chi connectivity index (χ1) is 10.0. The van der Waals surface area contributed by atoms with E-state index in [1.165, 1.54) is 11.1 Å². The first-order valence-electron chi connectivity index (χ1n) is 7.99. The van der Waals surface area contributed by atoms with E-state index in [1.54, 1.807) is 0 Å². The summed E-state index contributed by atoms with van der Waals surface area (Å²) in [6.45, 7) is 14.4. The van der Waals surface area contributed by atoms with Crippen LogP contribution in [0.5, 0.6) is 5.75 Å². The molecular formula is C18H30O3. The SMILES string of the molecule is CCOC(COc1c(C(C)C)cccc1C(C)C)OCC. The summed E-state index contributed by atoms with van der Waals surface area (Å²) in [4.78, 5) is 0. The molecule has 0 bridgehead atoms. The molecule has 120 valence electrons. The Hall–Kier alpha value is -1.06. The highest BCUT2D eigenvalue weighted by Gasteiger charge is 2.17. The van der Waals surface area contributed by atoms with Crippen LogP contribution in [0.3, 0.4) is 0 Å². The Labute approximate surface area is 129 Å². The van der Waals surface area contributed by atoms with E-state index in [0.29, 0.717) is 31.7 Å². The predicted molar refractivity (Wildman–Crippen MR) is 87.2 cm³/mol. The quantitative estimate of drug-likeness (QED) is 0.617. The van der Waals surface area contributed by atoms with Crippen molar-refractivity contribution in [1.82, 2.24) is 0 Å². The summed E-state index contributed by atoms with van der Waals surface area (Å²) in [6, 6.07) is 6.39. The van der Waals surface area contributed by atoms with Gasteiger partial charge in [0.2, 0.25) is 0 Å². The van der Waals surface area contributed by atoms with E-state index in [9.17, 15) is 0 Å². The van der Waals surface area contributed by atoms with Crippen LogP contribution in [0.25, 0.3) is 0 Å². The van der Waals surface area contributed by atoms with Crippen molar-refractivity contribution >= 4 is 0 Å². The summed E-state index contributed by atoms with van der Waals surface area (Å²) < 4.78 is 17.2. The highest BCUT2D eigenvalue weighted by atomic mass is 16.7. The highest BCUT2D eigenvalue weighted by Crippen LogP contribution is 2.34. The summed E-state index contributed by atoms with van der Waals surface area (Å²) in [6.07, 6.45) is -0.305. The van der Waals surface area contributed by atoms with Crippen molar-refractivity contribution in [1.29, 1.82) is 0 Å². The van der Waals surface area contributed by atoms with E-state index >= 15 is 0 Å². The fraction of sp³-hybridized carbons (Fsp3) is 0.667. The van der Waals surface area contributed by atoms with Crippen molar-refractivity contribution in [2.75, 3.05) is 19.8 Å². The average molecular weight is 294 g/mol. The molecule has 0 unspecified atom stereocenters. The van der Waals surface area contributed by atoms with Gasteiger partial charge in [-0.25, -0.2) is 0 Å². The van der Waals surface area contributed by atoms with Gasteiger partial charge in [0.1, 0.15) is 12.4 Å². The second kappa shape index (κ2) is 9.06. The zero-order chi connectivity index (χ0) is 15.8. The summed E-state index contributed by atoms with van der Waals surface area (Å²) in [7, 11) is 0. The molecule has 0 aliphatic heterocycles. The van der Waals surface area contributed by atoms with Gasteiger partial charge in [0.15, 0.2) is 6.29 Å². The van der Waals surface area contributed by atoms with Crippen LogP contribution < -0.4 is 4.74 Å². The summed E-state index contributed by atoms with van der Waals surface area (Å²) in [5.74, 6) is 1.85. The first kappa shape index (κ1) is 18.0. The maximum atomic E-state index is 6.11. The average Bonchev–Trinajstić information content (AvgIpc) is 2.44. The minimum atomic E-state index is -0.305. The molecule has 0 heterocycles. The zero-order valence-corrected chi connectivity index (χ0v) is 14.3. The molecule has 0 aromatic heterocycles. The topological polar surface area (TPSA) is 27.7 Å².